The molecule has 1 fully saturated rings. The minimum absolute atomic E-state index is 0.215. The Labute approximate surface area is 184 Å². The zero-order valence-corrected chi connectivity index (χ0v) is 19.1. The van der Waals surface area contributed by atoms with Crippen LogP contribution in [0.3, 0.4) is 0 Å². The molecule has 1 aliphatic heterocycles. The summed E-state index contributed by atoms with van der Waals surface area (Å²) in [4.78, 5) is 12.9. The Hall–Kier alpha value is -2.58. The zero-order valence-electron chi connectivity index (χ0n) is 18.3. The predicted octanol–water partition coefficient (Wildman–Crippen LogP) is 3.76. The van der Waals surface area contributed by atoms with E-state index in [4.69, 9.17) is 9.47 Å². The molecule has 0 radical (unpaired) electrons. The van der Waals surface area contributed by atoms with Gasteiger partial charge in [0.15, 0.2) is 11.5 Å². The molecular weight excluding hydrogens is 416 g/mol. The third-order valence-corrected chi connectivity index (χ3v) is 7.15. The Morgan fingerprint density at radius 2 is 1.61 bits per heavy atom. The second kappa shape index (κ2) is 10.2. The van der Waals surface area contributed by atoms with Crippen molar-refractivity contribution in [3.05, 3.63) is 53.6 Å². The highest BCUT2D eigenvalue weighted by molar-refractivity contribution is 7.89. The van der Waals surface area contributed by atoms with Gasteiger partial charge in [0, 0.05) is 18.7 Å². The quantitative estimate of drug-likeness (QED) is 0.634. The summed E-state index contributed by atoms with van der Waals surface area (Å²) in [6, 6.07) is 11.4. The fraction of sp³-hybridized carbons (Fsp3) is 0.435. The lowest BCUT2D eigenvalue weighted by Crippen LogP contribution is -2.28. The number of nitrogens with zero attached hydrogens (tertiary/aromatic N) is 1. The van der Waals surface area contributed by atoms with E-state index in [0.717, 1.165) is 18.4 Å². The summed E-state index contributed by atoms with van der Waals surface area (Å²) in [7, 11) is -3.49. The number of nitrogens with one attached hydrogen (secondary N) is 1. The van der Waals surface area contributed by atoms with Gasteiger partial charge in [0.25, 0.3) is 5.91 Å². The topological polar surface area (TPSA) is 84.9 Å². The summed E-state index contributed by atoms with van der Waals surface area (Å²) in [6.07, 6.45) is 1.77. The van der Waals surface area contributed by atoms with Gasteiger partial charge in [-0.05, 0) is 75.6 Å². The standard InChI is InChI=1S/C23H30N2O5S/c1-4-29-21-13-10-19(16-22(21)30-5-2)17(3)24-23(26)18-8-11-20(12-9-18)31(27,28)25-14-6-7-15-25/h8-13,16-17H,4-7,14-15H2,1-3H3,(H,24,26)/t17-/m0/s1. The molecule has 7 nitrogen and oxygen atoms in total. The van der Waals surface area contributed by atoms with E-state index in [2.05, 4.69) is 5.32 Å². The number of ether oxygens (including phenoxy) is 2. The van der Waals surface area contributed by atoms with E-state index in [1.807, 2.05) is 39.0 Å². The second-order valence-electron chi connectivity index (χ2n) is 7.40. The van der Waals surface area contributed by atoms with Gasteiger partial charge in [0.05, 0.1) is 24.2 Å². The number of sulfonamides is 1. The molecule has 1 atom stereocenters. The Balaban J connectivity index is 1.70. The molecule has 3 rings (SSSR count). The smallest absolute Gasteiger partial charge is 0.251 e. The molecule has 1 heterocycles. The van der Waals surface area contributed by atoms with E-state index < -0.39 is 10.0 Å². The lowest BCUT2D eigenvalue weighted by atomic mass is 10.1. The van der Waals surface area contributed by atoms with Crippen LogP contribution < -0.4 is 14.8 Å². The monoisotopic (exact) mass is 446 g/mol. The lowest BCUT2D eigenvalue weighted by molar-refractivity contribution is 0.0939. The number of carbonyl (C=O) groups excluding carboxylic acids is 1. The highest BCUT2D eigenvalue weighted by Crippen LogP contribution is 2.31. The maximum atomic E-state index is 12.7. The van der Waals surface area contributed by atoms with Crippen LogP contribution in [0.4, 0.5) is 0 Å². The van der Waals surface area contributed by atoms with Crippen molar-refractivity contribution in [1.29, 1.82) is 0 Å². The molecule has 31 heavy (non-hydrogen) atoms. The molecule has 1 saturated heterocycles. The highest BCUT2D eigenvalue weighted by Gasteiger charge is 2.27. The molecule has 2 aromatic rings. The molecule has 2 aromatic carbocycles. The van der Waals surface area contributed by atoms with Crippen molar-refractivity contribution in [1.82, 2.24) is 9.62 Å². The van der Waals surface area contributed by atoms with Gasteiger partial charge in [-0.3, -0.25) is 4.79 Å². The average Bonchev–Trinajstić information content (AvgIpc) is 3.31. The molecule has 0 aromatic heterocycles. The molecule has 168 valence electrons. The number of benzene rings is 2. The van der Waals surface area contributed by atoms with Crippen LogP contribution in [0.1, 0.15) is 55.6 Å². The number of carbonyl (C=O) groups is 1. The first-order chi connectivity index (χ1) is 14.9. The molecule has 0 unspecified atom stereocenters. The largest absolute Gasteiger partial charge is 0.490 e. The molecule has 1 amide bonds. The molecule has 0 aliphatic carbocycles. The van der Waals surface area contributed by atoms with Crippen molar-refractivity contribution >= 4 is 15.9 Å². The number of hydrogen-bond donors (Lipinski definition) is 1. The van der Waals surface area contributed by atoms with Gasteiger partial charge in [0.1, 0.15) is 0 Å². The van der Waals surface area contributed by atoms with Crippen LogP contribution in [0, 0.1) is 0 Å². The van der Waals surface area contributed by atoms with Crippen molar-refractivity contribution in [2.75, 3.05) is 26.3 Å². The van der Waals surface area contributed by atoms with Gasteiger partial charge in [0.2, 0.25) is 10.0 Å². The van der Waals surface area contributed by atoms with E-state index in [1.54, 1.807) is 12.1 Å². The lowest BCUT2D eigenvalue weighted by Gasteiger charge is -2.18. The van der Waals surface area contributed by atoms with Crippen LogP contribution in [0.5, 0.6) is 11.5 Å². The van der Waals surface area contributed by atoms with Gasteiger partial charge in [-0.1, -0.05) is 6.07 Å². The summed E-state index contributed by atoms with van der Waals surface area (Å²) in [5, 5.41) is 2.95. The second-order valence-corrected chi connectivity index (χ2v) is 9.34. The van der Waals surface area contributed by atoms with E-state index >= 15 is 0 Å². The van der Waals surface area contributed by atoms with Gasteiger partial charge in [-0.25, -0.2) is 8.42 Å². The summed E-state index contributed by atoms with van der Waals surface area (Å²) in [5.41, 5.74) is 1.29. The number of rotatable bonds is 9. The van der Waals surface area contributed by atoms with Gasteiger partial charge < -0.3 is 14.8 Å². The fourth-order valence-corrected chi connectivity index (χ4v) is 5.07. The first-order valence-corrected chi connectivity index (χ1v) is 12.1. The Bertz CT molecular complexity index is 999. The number of hydrogen-bond acceptors (Lipinski definition) is 5. The van der Waals surface area contributed by atoms with Crippen LogP contribution in [0.25, 0.3) is 0 Å². The fourth-order valence-electron chi connectivity index (χ4n) is 3.56. The summed E-state index contributed by atoms with van der Waals surface area (Å²) in [6.45, 7) is 7.85. The Morgan fingerprint density at radius 3 is 2.23 bits per heavy atom. The van der Waals surface area contributed by atoms with Crippen molar-refractivity contribution in [3.8, 4) is 11.5 Å². The SMILES string of the molecule is CCOc1ccc([C@H](C)NC(=O)c2ccc(S(=O)(=O)N3CCCC3)cc2)cc1OCC. The molecule has 8 heteroatoms. The number of amides is 1. The average molecular weight is 447 g/mol. The Kier molecular flexibility index (Phi) is 7.56. The van der Waals surface area contributed by atoms with Crippen LogP contribution in [0.2, 0.25) is 0 Å². The van der Waals surface area contributed by atoms with Crippen LogP contribution >= 0.6 is 0 Å². The van der Waals surface area contributed by atoms with Crippen LogP contribution in [-0.2, 0) is 10.0 Å². The van der Waals surface area contributed by atoms with Crippen LogP contribution in [-0.4, -0.2) is 44.9 Å². The summed E-state index contributed by atoms with van der Waals surface area (Å²) in [5.74, 6) is 1.03. The van der Waals surface area contributed by atoms with Crippen molar-refractivity contribution < 1.29 is 22.7 Å². The van der Waals surface area contributed by atoms with Gasteiger partial charge in [-0.2, -0.15) is 4.31 Å². The van der Waals surface area contributed by atoms with Crippen molar-refractivity contribution in [2.45, 2.75) is 44.6 Å². The van der Waals surface area contributed by atoms with Crippen molar-refractivity contribution in [3.63, 3.8) is 0 Å². The molecule has 0 saturated carbocycles. The van der Waals surface area contributed by atoms with E-state index in [1.165, 1.54) is 16.4 Å². The summed E-state index contributed by atoms with van der Waals surface area (Å²) < 4.78 is 38.0. The first kappa shape index (κ1) is 23.1. The Morgan fingerprint density at radius 1 is 1.00 bits per heavy atom. The zero-order chi connectivity index (χ0) is 22.4. The predicted molar refractivity (Wildman–Crippen MR) is 119 cm³/mol. The van der Waals surface area contributed by atoms with Crippen LogP contribution in [0.15, 0.2) is 47.4 Å². The van der Waals surface area contributed by atoms with Gasteiger partial charge >= 0.3 is 0 Å². The molecule has 1 N–H and O–H groups in total. The van der Waals surface area contributed by atoms with E-state index in [-0.39, 0.29) is 16.8 Å². The summed E-state index contributed by atoms with van der Waals surface area (Å²) >= 11 is 0. The third-order valence-electron chi connectivity index (χ3n) is 5.23. The normalized spacial score (nSPS) is 15.5. The maximum Gasteiger partial charge on any atom is 0.251 e. The van der Waals surface area contributed by atoms with Gasteiger partial charge in [-0.15, -0.1) is 0 Å². The molecule has 1 aliphatic rings. The minimum Gasteiger partial charge on any atom is -0.490 e. The third kappa shape index (κ3) is 5.37. The minimum atomic E-state index is -3.49. The molecular formula is C23H30N2O5S. The highest BCUT2D eigenvalue weighted by atomic mass is 32.2. The van der Waals surface area contributed by atoms with E-state index in [9.17, 15) is 13.2 Å². The van der Waals surface area contributed by atoms with E-state index in [0.29, 0.717) is 43.4 Å². The first-order valence-electron chi connectivity index (χ1n) is 10.7. The molecule has 0 spiro atoms. The van der Waals surface area contributed by atoms with Crippen molar-refractivity contribution in [2.24, 2.45) is 0 Å². The maximum absolute atomic E-state index is 12.7. The molecule has 0 bridgehead atoms.